The molecule has 23 nitrogen and oxygen atoms in total. The Morgan fingerprint density at radius 2 is 1.03 bits per heavy atom. The van der Waals surface area contributed by atoms with Gasteiger partial charge in [0.05, 0.1) is 51.7 Å². The fourth-order valence-corrected chi connectivity index (χ4v) is 9.04. The van der Waals surface area contributed by atoms with Crippen molar-refractivity contribution in [1.29, 1.82) is 0 Å². The van der Waals surface area contributed by atoms with Crippen LogP contribution < -0.4 is 54.0 Å². The Morgan fingerprint density at radius 3 is 1.58 bits per heavy atom. The maximum atomic E-state index is 13.1. The van der Waals surface area contributed by atoms with Crippen LogP contribution in [0.4, 0.5) is 4.79 Å². The molecule has 2 fully saturated rings. The third-order valence-corrected chi connectivity index (χ3v) is 13.4. The van der Waals surface area contributed by atoms with Crippen LogP contribution in [0.1, 0.15) is 132 Å². The van der Waals surface area contributed by atoms with Crippen molar-refractivity contribution in [3.05, 3.63) is 0 Å². The lowest BCUT2D eigenvalue weighted by molar-refractivity contribution is -0.129. The Bertz CT molecular complexity index is 1640. The van der Waals surface area contributed by atoms with Crippen molar-refractivity contribution in [2.45, 2.75) is 154 Å². The first kappa shape index (κ1) is 66.2. The number of ether oxygens (including phenoxy) is 4. The van der Waals surface area contributed by atoms with E-state index in [1.54, 1.807) is 13.8 Å². The number of fused-ring (bicyclic) bond motifs is 1. The van der Waals surface area contributed by atoms with Gasteiger partial charge in [0.25, 0.3) is 0 Å². The molecule has 0 aliphatic carbocycles. The molecule has 0 radical (unpaired) electrons. The standard InChI is InChI=1S/C47H84N10O13S.C2H6.H2/c1-33(44(48)63)12-5-8-20-51-41(61)30-69-28-27-68-25-23-53-42(62)31-70-29-26-67-24-22-52-39(59)18-11-17-38(58)50-19-10-7-14-35(46(65)54-21-9-6-13-34(2)45(49)64)55-40(60)16-4-3-15-37-43-36(32-71-37)56-47(66)57-43;1-2;/h33-37,43H,3-32H2,1-2H3,(H2,48,63)(H2,49,64)(H,50,58)(H,51,61)(H,52,59)(H,53,62)(H,54,65)(H,55,60)(H2,56,57,66);1-2H3;1H/t33-,34-,35-,36-,37?,43-;;/m0../s1. The molecule has 0 aromatic carbocycles. The summed E-state index contributed by atoms with van der Waals surface area (Å²) in [5.74, 6) is -1.64. The van der Waals surface area contributed by atoms with Crippen molar-refractivity contribution in [3.8, 4) is 0 Å². The first-order chi connectivity index (χ1) is 35.2. The van der Waals surface area contributed by atoms with Crippen LogP contribution in [0.3, 0.4) is 0 Å². The Kier molecular flexibility index (Phi) is 38.6. The molecule has 2 aliphatic rings. The first-order valence-corrected chi connectivity index (χ1v) is 27.4. The van der Waals surface area contributed by atoms with E-state index in [2.05, 4.69) is 42.5 Å². The van der Waals surface area contributed by atoms with E-state index in [9.17, 15) is 43.2 Å². The summed E-state index contributed by atoms with van der Waals surface area (Å²) in [5.41, 5.74) is 10.6. The zero-order chi connectivity index (χ0) is 54.1. The van der Waals surface area contributed by atoms with E-state index in [4.69, 9.17) is 30.4 Å². The molecule has 10 amide bonds. The molecule has 12 N–H and O–H groups in total. The van der Waals surface area contributed by atoms with Gasteiger partial charge in [-0.25, -0.2) is 4.79 Å². The van der Waals surface area contributed by atoms with Gasteiger partial charge in [0.1, 0.15) is 19.3 Å². The number of rotatable bonds is 44. The third kappa shape index (κ3) is 34.4. The monoisotopic (exact) mass is 1060 g/mol. The van der Waals surface area contributed by atoms with E-state index in [0.717, 1.165) is 37.9 Å². The lowest BCUT2D eigenvalue weighted by atomic mass is 10.0. The predicted octanol–water partition coefficient (Wildman–Crippen LogP) is 1.04. The van der Waals surface area contributed by atoms with Crippen molar-refractivity contribution in [3.63, 3.8) is 0 Å². The number of nitrogens with one attached hydrogen (secondary N) is 8. The van der Waals surface area contributed by atoms with Crippen LogP contribution in [0.2, 0.25) is 0 Å². The topological polar surface area (TPSA) is 339 Å². The second kappa shape index (κ2) is 42.6. The highest BCUT2D eigenvalue weighted by Gasteiger charge is 2.42. The van der Waals surface area contributed by atoms with Crippen LogP contribution in [0.25, 0.3) is 0 Å². The molecule has 2 heterocycles. The number of thioether (sulfide) groups is 1. The third-order valence-electron chi connectivity index (χ3n) is 11.8. The van der Waals surface area contributed by atoms with E-state index >= 15 is 0 Å². The molecule has 0 spiro atoms. The normalized spacial score (nSPS) is 16.8. The van der Waals surface area contributed by atoms with E-state index in [-0.39, 0.29) is 164 Å². The van der Waals surface area contributed by atoms with Gasteiger partial charge in [0.2, 0.25) is 47.3 Å². The Labute approximate surface area is 438 Å². The summed E-state index contributed by atoms with van der Waals surface area (Å²) < 4.78 is 21.4. The zero-order valence-electron chi connectivity index (χ0n) is 44.0. The minimum absolute atomic E-state index is 0. The van der Waals surface area contributed by atoms with Crippen LogP contribution in [0.5, 0.6) is 0 Å². The Hall–Kier alpha value is -4.78. The number of hydrogen-bond donors (Lipinski definition) is 10. The van der Waals surface area contributed by atoms with Gasteiger partial charge in [-0.1, -0.05) is 47.0 Å². The van der Waals surface area contributed by atoms with Crippen molar-refractivity contribution in [1.82, 2.24) is 42.5 Å². The van der Waals surface area contributed by atoms with Crippen molar-refractivity contribution in [2.24, 2.45) is 23.3 Å². The van der Waals surface area contributed by atoms with Crippen molar-refractivity contribution < 1.29 is 63.5 Å². The summed E-state index contributed by atoms with van der Waals surface area (Å²) in [7, 11) is 0. The van der Waals surface area contributed by atoms with Crippen LogP contribution in [0.15, 0.2) is 0 Å². The van der Waals surface area contributed by atoms with Gasteiger partial charge < -0.3 is 72.9 Å². The molecule has 73 heavy (non-hydrogen) atoms. The molecule has 0 aromatic heterocycles. The molecule has 2 aliphatic heterocycles. The molecular weight excluding hydrogens is 969 g/mol. The zero-order valence-corrected chi connectivity index (χ0v) is 44.9. The lowest BCUT2D eigenvalue weighted by Gasteiger charge is -2.19. The smallest absolute Gasteiger partial charge is 0.315 e. The number of urea groups is 1. The lowest BCUT2D eigenvalue weighted by Crippen LogP contribution is -2.47. The van der Waals surface area contributed by atoms with Crippen LogP contribution >= 0.6 is 11.8 Å². The minimum Gasteiger partial charge on any atom is -0.377 e. The molecule has 1 unspecified atom stereocenters. The highest BCUT2D eigenvalue weighted by atomic mass is 32.2. The SMILES string of the molecule is CC.C[C@@H](CCCCNC(=O)COCCOCCNC(=O)COCCOCCNC(=O)CCCC(=O)NCCCC[C@H](NC(=O)CCCCC1SC[C@@H]2NC(=O)N[C@H]12)C(=O)NCCCC[C@H](C)C(N)=O)C(N)=O.[HH]. The average molecular weight is 1060 g/mol. The van der Waals surface area contributed by atoms with Gasteiger partial charge >= 0.3 is 6.03 Å². The van der Waals surface area contributed by atoms with Crippen LogP contribution in [-0.4, -0.2) is 168 Å². The van der Waals surface area contributed by atoms with E-state index in [1.165, 1.54) is 0 Å². The predicted molar refractivity (Wildman–Crippen MR) is 280 cm³/mol. The van der Waals surface area contributed by atoms with Crippen LogP contribution in [-0.2, 0) is 57.3 Å². The number of hydrogen-bond acceptors (Lipinski definition) is 14. The second-order valence-electron chi connectivity index (χ2n) is 18.0. The summed E-state index contributed by atoms with van der Waals surface area (Å²) in [4.78, 5) is 108. The van der Waals surface area contributed by atoms with Crippen molar-refractivity contribution >= 4 is 65.1 Å². The minimum atomic E-state index is -0.731. The quantitative estimate of drug-likeness (QED) is 0.0301. The van der Waals surface area contributed by atoms with E-state index in [0.29, 0.717) is 76.3 Å². The number of primary amides is 2. The number of carbonyl (C=O) groups is 9. The number of nitrogens with two attached hydrogens (primary N) is 2. The summed E-state index contributed by atoms with van der Waals surface area (Å²) >= 11 is 1.83. The van der Waals surface area contributed by atoms with Gasteiger partial charge in [-0.3, -0.25) is 38.4 Å². The molecular formula is C49H92N10O13S. The van der Waals surface area contributed by atoms with Gasteiger partial charge in [0.15, 0.2) is 0 Å². The summed E-state index contributed by atoms with van der Waals surface area (Å²) in [5, 5.41) is 23.0. The molecule has 2 rings (SSSR count). The maximum absolute atomic E-state index is 13.1. The van der Waals surface area contributed by atoms with Gasteiger partial charge in [-0.05, 0) is 64.2 Å². The molecule has 422 valence electrons. The highest BCUT2D eigenvalue weighted by Crippen LogP contribution is 2.33. The number of unbranched alkanes of at least 4 members (excludes halogenated alkanes) is 4. The molecule has 0 saturated carbocycles. The number of amides is 10. The second-order valence-corrected chi connectivity index (χ2v) is 19.2. The average Bonchev–Trinajstić information content (AvgIpc) is 3.92. The number of carbonyl (C=O) groups excluding carboxylic acids is 9. The van der Waals surface area contributed by atoms with Crippen molar-refractivity contribution in [2.75, 3.05) is 91.3 Å². The fraction of sp³-hybridized carbons (Fsp3) is 0.816. The summed E-state index contributed by atoms with van der Waals surface area (Å²) in [6, 6.07) is -0.592. The molecule has 2 saturated heterocycles. The van der Waals surface area contributed by atoms with E-state index in [1.807, 2.05) is 25.6 Å². The Balaban J connectivity index is 0.0000175. The van der Waals surface area contributed by atoms with Gasteiger partial charge in [-0.15, -0.1) is 0 Å². The Morgan fingerprint density at radius 1 is 0.562 bits per heavy atom. The first-order valence-electron chi connectivity index (χ1n) is 26.4. The maximum Gasteiger partial charge on any atom is 0.315 e. The van der Waals surface area contributed by atoms with Gasteiger partial charge in [-0.2, -0.15) is 11.8 Å². The molecule has 6 atom stereocenters. The summed E-state index contributed by atoms with van der Waals surface area (Å²) in [6.07, 6.45) is 9.15. The van der Waals surface area contributed by atoms with Crippen LogP contribution in [0, 0.1) is 11.8 Å². The summed E-state index contributed by atoms with van der Waals surface area (Å²) in [6.45, 7) is 10.6. The van der Waals surface area contributed by atoms with E-state index < -0.39 is 6.04 Å². The van der Waals surface area contributed by atoms with Gasteiger partial charge in [0, 0.05) is 76.3 Å². The molecule has 24 heteroatoms. The largest absolute Gasteiger partial charge is 0.377 e. The molecule has 0 aromatic rings. The molecule has 0 bridgehead atoms. The fourth-order valence-electron chi connectivity index (χ4n) is 7.49. The highest BCUT2D eigenvalue weighted by molar-refractivity contribution is 8.00.